The molecule has 2 N–H and O–H groups in total. The van der Waals surface area contributed by atoms with E-state index in [0.717, 1.165) is 44.2 Å². The van der Waals surface area contributed by atoms with Crippen LogP contribution in [0.15, 0.2) is 45.6 Å². The molecule has 0 atom stereocenters. The van der Waals surface area contributed by atoms with Gasteiger partial charge in [-0.1, -0.05) is 0 Å². The largest absolute Gasteiger partial charge is 0.491 e. The SMILES string of the molecule is COCCOc1ccc(N2CCN(CCn3c(=O)n(C)c4c3nc(N)n3nc(-c5ccc(C)o5)nc43)CC2)cc1. The van der Waals surface area contributed by atoms with Gasteiger partial charge in [-0.25, -0.2) is 9.78 Å². The number of benzene rings is 1. The van der Waals surface area contributed by atoms with Crippen LogP contribution in [0.3, 0.4) is 0 Å². The van der Waals surface area contributed by atoms with E-state index in [9.17, 15) is 4.79 Å². The average Bonchev–Trinajstić information content (AvgIpc) is 3.66. The van der Waals surface area contributed by atoms with Crippen LogP contribution < -0.4 is 21.1 Å². The van der Waals surface area contributed by atoms with E-state index in [4.69, 9.17) is 19.6 Å². The zero-order valence-electron chi connectivity index (χ0n) is 22.9. The molecule has 0 radical (unpaired) electrons. The highest BCUT2D eigenvalue weighted by molar-refractivity contribution is 5.88. The molecular weight excluding hydrogens is 514 g/mol. The Morgan fingerprint density at radius 1 is 0.975 bits per heavy atom. The van der Waals surface area contributed by atoms with Gasteiger partial charge in [-0.15, -0.1) is 5.10 Å². The van der Waals surface area contributed by atoms with E-state index in [2.05, 4.69) is 37.0 Å². The van der Waals surface area contributed by atoms with Crippen molar-refractivity contribution in [2.45, 2.75) is 13.5 Å². The van der Waals surface area contributed by atoms with Crippen molar-refractivity contribution in [1.29, 1.82) is 0 Å². The van der Waals surface area contributed by atoms with Gasteiger partial charge in [0, 0.05) is 59.1 Å². The van der Waals surface area contributed by atoms with E-state index >= 15 is 0 Å². The van der Waals surface area contributed by atoms with Gasteiger partial charge in [0.15, 0.2) is 17.1 Å². The normalized spacial score (nSPS) is 14.5. The van der Waals surface area contributed by atoms with Gasteiger partial charge in [0.2, 0.25) is 11.8 Å². The number of nitrogen functional groups attached to an aromatic ring is 1. The fraction of sp³-hybridized carbons (Fsp3) is 0.407. The fourth-order valence-electron chi connectivity index (χ4n) is 5.12. The molecular formula is C27H33N9O4. The maximum Gasteiger partial charge on any atom is 0.330 e. The van der Waals surface area contributed by atoms with Crippen molar-refractivity contribution in [2.75, 3.05) is 63.7 Å². The van der Waals surface area contributed by atoms with Crippen molar-refractivity contribution in [2.24, 2.45) is 7.05 Å². The molecule has 40 heavy (non-hydrogen) atoms. The molecule has 1 aliphatic heterocycles. The summed E-state index contributed by atoms with van der Waals surface area (Å²) in [7, 11) is 3.38. The summed E-state index contributed by atoms with van der Waals surface area (Å²) >= 11 is 0. The number of anilines is 2. The molecule has 0 amide bonds. The number of aryl methyl sites for hydroxylation is 2. The first kappa shape index (κ1) is 25.9. The molecule has 1 aliphatic rings. The van der Waals surface area contributed by atoms with E-state index < -0.39 is 0 Å². The minimum absolute atomic E-state index is 0.160. The molecule has 6 rings (SSSR count). The van der Waals surface area contributed by atoms with Gasteiger partial charge in [-0.3, -0.25) is 14.0 Å². The minimum atomic E-state index is -0.167. The standard InChI is InChI=1S/C27H33N9O4/c1-18-4-9-21(40-18)23-29-25-22-24(30-26(28)36(25)31-23)35(27(37)32(22)2)15-12-33-10-13-34(14-11-33)19-5-7-20(8-6-19)39-17-16-38-3/h4-9H,10-17H2,1-3H3,(H2,28,30). The smallest absolute Gasteiger partial charge is 0.330 e. The molecule has 1 aromatic carbocycles. The predicted octanol–water partition coefficient (Wildman–Crippen LogP) is 1.78. The highest BCUT2D eigenvalue weighted by atomic mass is 16.5. The van der Waals surface area contributed by atoms with Gasteiger partial charge in [0.05, 0.1) is 6.61 Å². The Balaban J connectivity index is 1.15. The summed E-state index contributed by atoms with van der Waals surface area (Å²) in [6, 6.07) is 11.8. The van der Waals surface area contributed by atoms with Gasteiger partial charge >= 0.3 is 5.69 Å². The number of methoxy groups -OCH3 is 1. The molecule has 0 bridgehead atoms. The van der Waals surface area contributed by atoms with E-state index in [0.29, 0.717) is 48.2 Å². The Morgan fingerprint density at radius 2 is 1.75 bits per heavy atom. The molecule has 13 heteroatoms. The minimum Gasteiger partial charge on any atom is -0.491 e. The Morgan fingerprint density at radius 3 is 2.45 bits per heavy atom. The van der Waals surface area contributed by atoms with E-state index in [-0.39, 0.29) is 11.6 Å². The number of aromatic nitrogens is 6. The summed E-state index contributed by atoms with van der Waals surface area (Å²) in [6.45, 7) is 7.74. The van der Waals surface area contributed by atoms with E-state index in [1.165, 1.54) is 10.2 Å². The number of ether oxygens (including phenoxy) is 2. The molecule has 13 nitrogen and oxygen atoms in total. The second-order valence-electron chi connectivity index (χ2n) is 9.88. The second-order valence-corrected chi connectivity index (χ2v) is 9.88. The monoisotopic (exact) mass is 547 g/mol. The number of nitrogens with two attached hydrogens (primary N) is 1. The first-order chi connectivity index (χ1) is 19.4. The Bertz CT molecular complexity index is 1690. The van der Waals surface area contributed by atoms with Crippen molar-refractivity contribution in [3.8, 4) is 17.3 Å². The zero-order chi connectivity index (χ0) is 27.8. The number of fused-ring (bicyclic) bond motifs is 3. The topological polar surface area (TPSA) is 134 Å². The summed E-state index contributed by atoms with van der Waals surface area (Å²) in [5.41, 5.74) is 8.81. The highest BCUT2D eigenvalue weighted by Crippen LogP contribution is 2.24. The van der Waals surface area contributed by atoms with Gasteiger partial charge in [-0.05, 0) is 43.3 Å². The molecule has 0 aliphatic carbocycles. The molecule has 1 fully saturated rings. The third-order valence-electron chi connectivity index (χ3n) is 7.31. The van der Waals surface area contributed by atoms with E-state index in [1.54, 1.807) is 23.3 Å². The van der Waals surface area contributed by atoms with E-state index in [1.807, 2.05) is 31.2 Å². The maximum absolute atomic E-state index is 13.3. The first-order valence-corrected chi connectivity index (χ1v) is 13.3. The van der Waals surface area contributed by atoms with Crippen LogP contribution in [-0.2, 0) is 18.3 Å². The van der Waals surface area contributed by atoms with Gasteiger partial charge in [-0.2, -0.15) is 9.50 Å². The Labute approximate surface area is 230 Å². The lowest BCUT2D eigenvalue weighted by atomic mass is 10.2. The summed E-state index contributed by atoms with van der Waals surface area (Å²) in [6.07, 6.45) is 0. The van der Waals surface area contributed by atoms with Crippen molar-refractivity contribution in [1.82, 2.24) is 33.6 Å². The number of imidazole rings is 1. The molecule has 5 heterocycles. The number of nitrogens with zero attached hydrogens (tertiary/aromatic N) is 8. The number of hydrogen-bond acceptors (Lipinski definition) is 10. The van der Waals surface area contributed by atoms with Crippen molar-refractivity contribution < 1.29 is 13.9 Å². The van der Waals surface area contributed by atoms with Crippen molar-refractivity contribution >= 4 is 28.4 Å². The quantitative estimate of drug-likeness (QED) is 0.272. The molecule has 0 spiro atoms. The predicted molar refractivity (Wildman–Crippen MR) is 151 cm³/mol. The fourth-order valence-corrected chi connectivity index (χ4v) is 5.12. The summed E-state index contributed by atoms with van der Waals surface area (Å²) < 4.78 is 21.1. The molecule has 210 valence electrons. The third-order valence-corrected chi connectivity index (χ3v) is 7.31. The van der Waals surface area contributed by atoms with Crippen LogP contribution in [0.1, 0.15) is 5.76 Å². The van der Waals surface area contributed by atoms with Crippen LogP contribution in [0.25, 0.3) is 28.4 Å². The lowest BCUT2D eigenvalue weighted by molar-refractivity contribution is 0.146. The van der Waals surface area contributed by atoms with Crippen LogP contribution in [0.5, 0.6) is 5.75 Å². The average molecular weight is 548 g/mol. The lowest BCUT2D eigenvalue weighted by Crippen LogP contribution is -2.47. The van der Waals surface area contributed by atoms with Gasteiger partial charge in [0.25, 0.3) is 0 Å². The van der Waals surface area contributed by atoms with Crippen molar-refractivity contribution in [3.63, 3.8) is 0 Å². The number of furan rings is 1. The lowest BCUT2D eigenvalue weighted by Gasteiger charge is -2.36. The maximum atomic E-state index is 13.3. The van der Waals surface area contributed by atoms with Crippen LogP contribution >= 0.6 is 0 Å². The zero-order valence-corrected chi connectivity index (χ0v) is 22.9. The molecule has 5 aromatic rings. The Kier molecular flexibility index (Phi) is 6.90. The number of hydrogen-bond donors (Lipinski definition) is 1. The molecule has 0 saturated carbocycles. The Hall–Kier alpha value is -4.36. The number of piperazine rings is 1. The molecule has 4 aromatic heterocycles. The molecule has 1 saturated heterocycles. The van der Waals surface area contributed by atoms with Crippen LogP contribution in [-0.4, -0.2) is 86.7 Å². The first-order valence-electron chi connectivity index (χ1n) is 13.3. The third kappa shape index (κ3) is 4.77. The van der Waals surface area contributed by atoms with Crippen molar-refractivity contribution in [3.05, 3.63) is 52.6 Å². The van der Waals surface area contributed by atoms with Crippen LogP contribution in [0, 0.1) is 6.92 Å². The molecule has 0 unspecified atom stereocenters. The summed E-state index contributed by atoms with van der Waals surface area (Å²) in [5.74, 6) is 2.67. The van der Waals surface area contributed by atoms with Gasteiger partial charge in [0.1, 0.15) is 23.6 Å². The summed E-state index contributed by atoms with van der Waals surface area (Å²) in [5, 5.41) is 4.47. The summed E-state index contributed by atoms with van der Waals surface area (Å²) in [4.78, 5) is 27.2. The van der Waals surface area contributed by atoms with Gasteiger partial charge < -0.3 is 24.5 Å². The van der Waals surface area contributed by atoms with Crippen LogP contribution in [0.2, 0.25) is 0 Å². The van der Waals surface area contributed by atoms with Crippen LogP contribution in [0.4, 0.5) is 11.6 Å². The second kappa shape index (κ2) is 10.7. The number of rotatable bonds is 9. The highest BCUT2D eigenvalue weighted by Gasteiger charge is 2.23.